The normalized spacial score (nSPS) is 10.6. The predicted octanol–water partition coefficient (Wildman–Crippen LogP) is 3.78. The molecule has 0 aliphatic rings. The molecule has 132 valence electrons. The van der Waals surface area contributed by atoms with Crippen LogP contribution in [0, 0.1) is 0 Å². The molecule has 25 heavy (non-hydrogen) atoms. The zero-order chi connectivity index (χ0) is 18.2. The summed E-state index contributed by atoms with van der Waals surface area (Å²) in [6, 6.07) is 17.1. The molecule has 0 aliphatic carbocycles. The lowest BCUT2D eigenvalue weighted by Crippen LogP contribution is -2.39. The van der Waals surface area contributed by atoms with Gasteiger partial charge in [0.15, 0.2) is 0 Å². The highest BCUT2D eigenvalue weighted by atomic mass is 35.5. The van der Waals surface area contributed by atoms with Crippen LogP contribution in [0.3, 0.4) is 0 Å². The van der Waals surface area contributed by atoms with Crippen molar-refractivity contribution in [2.45, 2.75) is 39.4 Å². The summed E-state index contributed by atoms with van der Waals surface area (Å²) in [7, 11) is 0. The van der Waals surface area contributed by atoms with Gasteiger partial charge in [-0.3, -0.25) is 9.59 Å². The molecule has 2 amide bonds. The third kappa shape index (κ3) is 5.91. The van der Waals surface area contributed by atoms with Crippen molar-refractivity contribution < 1.29 is 9.59 Å². The topological polar surface area (TPSA) is 49.4 Å². The second-order valence-electron chi connectivity index (χ2n) is 6.15. The first-order chi connectivity index (χ1) is 12.0. The van der Waals surface area contributed by atoms with E-state index in [1.165, 1.54) is 0 Å². The quantitative estimate of drug-likeness (QED) is 0.766. The average molecular weight is 359 g/mol. The van der Waals surface area contributed by atoms with Gasteiger partial charge in [-0.15, -0.1) is 0 Å². The van der Waals surface area contributed by atoms with Crippen LogP contribution in [0.25, 0.3) is 0 Å². The van der Waals surface area contributed by atoms with Gasteiger partial charge in [-0.1, -0.05) is 60.1 Å². The van der Waals surface area contributed by atoms with Crippen LogP contribution in [-0.4, -0.2) is 22.8 Å². The molecule has 0 atom stereocenters. The van der Waals surface area contributed by atoms with Crippen LogP contribution in [0.15, 0.2) is 54.6 Å². The van der Waals surface area contributed by atoms with Crippen molar-refractivity contribution in [3.05, 3.63) is 70.7 Å². The lowest BCUT2D eigenvalue weighted by atomic mass is 10.1. The number of amides is 2. The van der Waals surface area contributed by atoms with E-state index in [9.17, 15) is 9.59 Å². The maximum Gasteiger partial charge on any atom is 0.232 e. The first-order valence-electron chi connectivity index (χ1n) is 8.31. The van der Waals surface area contributed by atoms with Crippen LogP contribution in [0.5, 0.6) is 0 Å². The van der Waals surface area contributed by atoms with Gasteiger partial charge in [0.2, 0.25) is 11.8 Å². The molecule has 0 heterocycles. The first kappa shape index (κ1) is 19.0. The van der Waals surface area contributed by atoms with Crippen molar-refractivity contribution in [3.8, 4) is 0 Å². The van der Waals surface area contributed by atoms with E-state index < -0.39 is 0 Å². The molecule has 4 nitrogen and oxygen atoms in total. The maximum atomic E-state index is 12.5. The molecular formula is C20H23ClN2O2. The number of halogens is 1. The molecule has 0 bridgehead atoms. The van der Waals surface area contributed by atoms with Gasteiger partial charge in [0.25, 0.3) is 0 Å². The number of nitrogens with one attached hydrogen (secondary N) is 1. The van der Waals surface area contributed by atoms with E-state index in [1.54, 1.807) is 11.0 Å². The fraction of sp³-hybridized carbons (Fsp3) is 0.300. The Morgan fingerprint density at radius 3 is 2.32 bits per heavy atom. The number of nitrogens with zero attached hydrogens (tertiary/aromatic N) is 1. The molecule has 2 rings (SSSR count). The second kappa shape index (κ2) is 9.23. The number of carbonyl (C=O) groups is 2. The molecule has 0 radical (unpaired) electrons. The molecule has 0 spiro atoms. The minimum atomic E-state index is -0.302. The van der Waals surface area contributed by atoms with Crippen LogP contribution in [0.1, 0.15) is 31.4 Å². The van der Waals surface area contributed by atoms with Crippen LogP contribution in [0.4, 0.5) is 0 Å². The minimum absolute atomic E-state index is 0.0177. The number of benzene rings is 2. The van der Waals surface area contributed by atoms with Gasteiger partial charge < -0.3 is 10.2 Å². The molecule has 0 saturated carbocycles. The highest BCUT2D eigenvalue weighted by Gasteiger charge is 2.20. The molecule has 5 heteroatoms. The Morgan fingerprint density at radius 1 is 1.04 bits per heavy atom. The zero-order valence-corrected chi connectivity index (χ0v) is 15.3. The lowest BCUT2D eigenvalue weighted by molar-refractivity contribution is -0.138. The van der Waals surface area contributed by atoms with Gasteiger partial charge in [-0.25, -0.2) is 0 Å². The summed E-state index contributed by atoms with van der Waals surface area (Å²) >= 11 is 6.07. The Bertz CT molecular complexity index is 717. The van der Waals surface area contributed by atoms with E-state index in [0.29, 0.717) is 18.1 Å². The van der Waals surface area contributed by atoms with Crippen molar-refractivity contribution in [1.82, 2.24) is 10.2 Å². The van der Waals surface area contributed by atoms with Crippen LogP contribution >= 0.6 is 11.6 Å². The zero-order valence-electron chi connectivity index (χ0n) is 14.5. The van der Waals surface area contributed by atoms with E-state index in [0.717, 1.165) is 11.1 Å². The van der Waals surface area contributed by atoms with Crippen molar-refractivity contribution in [2.75, 3.05) is 0 Å². The van der Waals surface area contributed by atoms with Gasteiger partial charge in [0.1, 0.15) is 6.42 Å². The van der Waals surface area contributed by atoms with Crippen LogP contribution < -0.4 is 5.32 Å². The Balaban J connectivity index is 1.91. The van der Waals surface area contributed by atoms with Gasteiger partial charge in [-0.2, -0.15) is 0 Å². The highest BCUT2D eigenvalue weighted by molar-refractivity contribution is 6.31. The van der Waals surface area contributed by atoms with E-state index in [4.69, 9.17) is 11.6 Å². The smallest absolute Gasteiger partial charge is 0.232 e. The fourth-order valence-corrected chi connectivity index (χ4v) is 2.68. The van der Waals surface area contributed by atoms with Crippen molar-refractivity contribution in [1.29, 1.82) is 0 Å². The summed E-state index contributed by atoms with van der Waals surface area (Å²) in [6.07, 6.45) is -0.171. The third-order valence-corrected chi connectivity index (χ3v) is 4.25. The molecule has 0 fully saturated rings. The molecule has 0 aromatic heterocycles. The summed E-state index contributed by atoms with van der Waals surface area (Å²) in [5.41, 5.74) is 1.87. The van der Waals surface area contributed by atoms with E-state index >= 15 is 0 Å². The summed E-state index contributed by atoms with van der Waals surface area (Å²) in [6.45, 7) is 4.70. The predicted molar refractivity (Wildman–Crippen MR) is 100 cm³/mol. The number of carbonyl (C=O) groups excluding carboxylic acids is 2. The van der Waals surface area contributed by atoms with Crippen LogP contribution in [0.2, 0.25) is 5.02 Å². The molecule has 2 aromatic rings. The van der Waals surface area contributed by atoms with Crippen molar-refractivity contribution in [2.24, 2.45) is 0 Å². The van der Waals surface area contributed by atoms with Gasteiger partial charge in [0.05, 0.1) is 0 Å². The Labute approximate surface area is 153 Å². The molecule has 0 unspecified atom stereocenters. The van der Waals surface area contributed by atoms with Crippen molar-refractivity contribution >= 4 is 23.4 Å². The second-order valence-corrected chi connectivity index (χ2v) is 6.55. The molecule has 1 N–H and O–H groups in total. The molecule has 0 saturated heterocycles. The third-order valence-electron chi connectivity index (χ3n) is 3.89. The highest BCUT2D eigenvalue weighted by Crippen LogP contribution is 2.14. The number of hydrogen-bond acceptors (Lipinski definition) is 2. The van der Waals surface area contributed by atoms with Crippen molar-refractivity contribution in [3.63, 3.8) is 0 Å². The Hall–Kier alpha value is -2.33. The summed E-state index contributed by atoms with van der Waals surface area (Å²) in [5.74, 6) is -0.487. The fourth-order valence-electron chi connectivity index (χ4n) is 2.48. The van der Waals surface area contributed by atoms with Gasteiger partial charge in [-0.05, 0) is 31.0 Å². The van der Waals surface area contributed by atoms with E-state index in [-0.39, 0.29) is 24.3 Å². The maximum absolute atomic E-state index is 12.5. The number of hydrogen-bond donors (Lipinski definition) is 1. The average Bonchev–Trinajstić information content (AvgIpc) is 2.59. The molecule has 2 aromatic carbocycles. The standard InChI is InChI=1S/C20H23ClN2O2/c1-15(2)23(14-16-8-4-3-5-9-16)20(25)12-19(24)22-13-17-10-6-7-11-18(17)21/h3-11,15H,12-14H2,1-2H3,(H,22,24). The molecule has 0 aliphatic heterocycles. The van der Waals surface area contributed by atoms with Gasteiger partial charge in [0, 0.05) is 24.2 Å². The Morgan fingerprint density at radius 2 is 1.68 bits per heavy atom. The van der Waals surface area contributed by atoms with Gasteiger partial charge >= 0.3 is 0 Å². The minimum Gasteiger partial charge on any atom is -0.352 e. The first-order valence-corrected chi connectivity index (χ1v) is 8.68. The SMILES string of the molecule is CC(C)N(Cc1ccccc1)C(=O)CC(=O)NCc1ccccc1Cl. The summed E-state index contributed by atoms with van der Waals surface area (Å²) in [5, 5.41) is 3.36. The summed E-state index contributed by atoms with van der Waals surface area (Å²) < 4.78 is 0. The number of rotatable bonds is 7. The van der Waals surface area contributed by atoms with E-state index in [1.807, 2.05) is 62.4 Å². The van der Waals surface area contributed by atoms with Crippen LogP contribution in [-0.2, 0) is 22.7 Å². The monoisotopic (exact) mass is 358 g/mol. The lowest BCUT2D eigenvalue weighted by Gasteiger charge is -2.26. The Kier molecular flexibility index (Phi) is 7.02. The largest absolute Gasteiger partial charge is 0.352 e. The van der Waals surface area contributed by atoms with E-state index in [2.05, 4.69) is 5.32 Å². The molecular weight excluding hydrogens is 336 g/mol. The summed E-state index contributed by atoms with van der Waals surface area (Å²) in [4.78, 5) is 26.3.